The van der Waals surface area contributed by atoms with Crippen LogP contribution in [0.25, 0.3) is 0 Å². The summed E-state index contributed by atoms with van der Waals surface area (Å²) in [5.74, 6) is -0.695. The molecule has 34 heavy (non-hydrogen) atoms. The summed E-state index contributed by atoms with van der Waals surface area (Å²) in [4.78, 5) is 44.1. The molecule has 8 nitrogen and oxygen atoms in total. The number of nitrogens with zero attached hydrogens (tertiary/aromatic N) is 3. The van der Waals surface area contributed by atoms with Crippen LogP contribution in [0.5, 0.6) is 5.75 Å². The number of aromatic nitrogens is 1. The lowest BCUT2D eigenvalue weighted by Crippen LogP contribution is -2.52. The predicted molar refractivity (Wildman–Crippen MR) is 120 cm³/mol. The number of fused-ring (bicyclic) bond motifs is 1. The molecule has 9 heteroatoms. The molecule has 1 aromatic carbocycles. The minimum atomic E-state index is -0.634. The zero-order valence-electron chi connectivity index (χ0n) is 18.8. The summed E-state index contributed by atoms with van der Waals surface area (Å²) in [7, 11) is 0. The molecule has 3 aliphatic rings. The lowest BCUT2D eigenvalue weighted by atomic mass is 10.0. The first kappa shape index (κ1) is 22.5. The van der Waals surface area contributed by atoms with Crippen LogP contribution in [0.2, 0.25) is 0 Å². The first-order chi connectivity index (χ1) is 16.5. The molecule has 3 amide bonds. The molecular weight excluding hydrogens is 439 g/mol. The van der Waals surface area contributed by atoms with Gasteiger partial charge in [0.2, 0.25) is 17.8 Å². The summed E-state index contributed by atoms with van der Waals surface area (Å²) in [5, 5.41) is 2.32. The Kier molecular flexibility index (Phi) is 6.28. The molecule has 2 aromatic rings. The number of pyridine rings is 1. The summed E-state index contributed by atoms with van der Waals surface area (Å²) in [6, 6.07) is 8.40. The number of carbonyl (C=O) groups is 3. The van der Waals surface area contributed by atoms with Crippen LogP contribution in [0.15, 0.2) is 36.5 Å². The molecule has 1 unspecified atom stereocenters. The van der Waals surface area contributed by atoms with Gasteiger partial charge in [0.25, 0.3) is 5.91 Å². The Morgan fingerprint density at radius 1 is 1.15 bits per heavy atom. The first-order valence-corrected chi connectivity index (χ1v) is 11.7. The van der Waals surface area contributed by atoms with Crippen LogP contribution >= 0.6 is 0 Å². The van der Waals surface area contributed by atoms with Crippen molar-refractivity contribution in [2.24, 2.45) is 0 Å². The Bertz CT molecular complexity index is 1120. The number of amides is 3. The Hall–Kier alpha value is -3.33. The van der Waals surface area contributed by atoms with Gasteiger partial charge in [-0.2, -0.15) is 4.39 Å². The van der Waals surface area contributed by atoms with E-state index < -0.39 is 17.9 Å². The predicted octanol–water partition coefficient (Wildman–Crippen LogP) is 2.42. The normalized spacial score (nSPS) is 23.1. The molecular formula is C25H27FN4O4. The van der Waals surface area contributed by atoms with Gasteiger partial charge >= 0.3 is 0 Å². The maximum absolute atomic E-state index is 14.0. The summed E-state index contributed by atoms with van der Waals surface area (Å²) in [6.07, 6.45) is 5.15. The monoisotopic (exact) mass is 466 g/mol. The summed E-state index contributed by atoms with van der Waals surface area (Å²) < 4.78 is 20.2. The van der Waals surface area contributed by atoms with Crippen LogP contribution in [0, 0.1) is 5.95 Å². The van der Waals surface area contributed by atoms with Gasteiger partial charge in [0.15, 0.2) is 0 Å². The van der Waals surface area contributed by atoms with Crippen LogP contribution in [-0.4, -0.2) is 57.7 Å². The number of hydrogen-bond acceptors (Lipinski definition) is 6. The number of carbonyl (C=O) groups excluding carboxylic acids is 3. The Balaban J connectivity index is 1.23. The number of piperidine rings is 2. The van der Waals surface area contributed by atoms with Crippen LogP contribution in [0.4, 0.5) is 4.39 Å². The largest absolute Gasteiger partial charge is 0.492 e. The lowest BCUT2D eigenvalue weighted by molar-refractivity contribution is -0.136. The fraction of sp³-hybridized carbons (Fsp3) is 0.440. The van der Waals surface area contributed by atoms with E-state index in [-0.39, 0.29) is 24.3 Å². The molecule has 0 aliphatic carbocycles. The van der Waals surface area contributed by atoms with E-state index in [2.05, 4.69) is 15.2 Å². The molecule has 0 radical (unpaired) electrons. The molecule has 0 saturated carbocycles. The van der Waals surface area contributed by atoms with E-state index in [0.29, 0.717) is 43.0 Å². The third kappa shape index (κ3) is 4.52. The third-order valence-corrected chi connectivity index (χ3v) is 6.90. The highest BCUT2D eigenvalue weighted by atomic mass is 19.1. The van der Waals surface area contributed by atoms with Crippen LogP contribution in [0.3, 0.4) is 0 Å². The van der Waals surface area contributed by atoms with Crippen LogP contribution < -0.4 is 10.1 Å². The molecule has 1 aromatic heterocycles. The molecule has 0 bridgehead atoms. The van der Waals surface area contributed by atoms with Crippen molar-refractivity contribution in [1.29, 1.82) is 0 Å². The van der Waals surface area contributed by atoms with Gasteiger partial charge in [-0.15, -0.1) is 0 Å². The van der Waals surface area contributed by atoms with E-state index in [9.17, 15) is 18.8 Å². The van der Waals surface area contributed by atoms with Gasteiger partial charge in [-0.05, 0) is 55.6 Å². The third-order valence-electron chi connectivity index (χ3n) is 6.90. The highest BCUT2D eigenvalue weighted by molar-refractivity contribution is 6.05. The molecule has 3 aliphatic heterocycles. The molecule has 0 spiro atoms. The van der Waals surface area contributed by atoms with Gasteiger partial charge in [0.05, 0.1) is 0 Å². The number of likely N-dealkylation sites (tertiary alicyclic amines) is 1. The van der Waals surface area contributed by atoms with Crippen molar-refractivity contribution in [3.05, 3.63) is 59.2 Å². The van der Waals surface area contributed by atoms with E-state index in [1.54, 1.807) is 24.3 Å². The average molecular weight is 467 g/mol. The molecule has 5 rings (SSSR count). The summed E-state index contributed by atoms with van der Waals surface area (Å²) in [6.45, 7) is 2.15. The van der Waals surface area contributed by atoms with Crippen LogP contribution in [0.1, 0.15) is 53.6 Å². The van der Waals surface area contributed by atoms with Crippen molar-refractivity contribution >= 4 is 17.7 Å². The first-order valence-electron chi connectivity index (χ1n) is 11.7. The zero-order valence-corrected chi connectivity index (χ0v) is 18.8. The second-order valence-electron chi connectivity index (χ2n) is 9.10. The maximum Gasteiger partial charge on any atom is 0.255 e. The topological polar surface area (TPSA) is 91.8 Å². The van der Waals surface area contributed by atoms with Gasteiger partial charge in [-0.3, -0.25) is 24.6 Å². The van der Waals surface area contributed by atoms with E-state index in [4.69, 9.17) is 4.74 Å². The van der Waals surface area contributed by atoms with Gasteiger partial charge < -0.3 is 9.64 Å². The van der Waals surface area contributed by atoms with Gasteiger partial charge in [0.1, 0.15) is 18.4 Å². The van der Waals surface area contributed by atoms with E-state index in [0.717, 1.165) is 31.4 Å². The standard InChI is InChI=1S/C25H27FN4O4/c26-23-16(4-3-10-27-23)13-29-11-2-1-5-18(29)15-34-19-6-7-20-17(12-19)14-30(25(20)33)21-8-9-22(31)28-24(21)32/h3-4,6-7,10,12,18,21H,1-2,5,8-9,11,13-15H2,(H,28,31,32)/t18-,21?/m1/s1. The number of nitrogens with one attached hydrogen (secondary N) is 1. The van der Waals surface area contributed by atoms with Crippen molar-refractivity contribution in [3.8, 4) is 5.75 Å². The minimum Gasteiger partial charge on any atom is -0.492 e. The molecule has 2 fully saturated rings. The molecule has 1 N–H and O–H groups in total. The van der Waals surface area contributed by atoms with Crippen molar-refractivity contribution in [2.75, 3.05) is 13.2 Å². The van der Waals surface area contributed by atoms with Gasteiger partial charge in [0, 0.05) is 42.9 Å². The molecule has 2 atom stereocenters. The van der Waals surface area contributed by atoms with Crippen LogP contribution in [-0.2, 0) is 22.7 Å². The fourth-order valence-electron chi connectivity index (χ4n) is 5.05. The van der Waals surface area contributed by atoms with Crippen molar-refractivity contribution in [1.82, 2.24) is 20.1 Å². The number of rotatable bonds is 6. The number of ether oxygens (including phenoxy) is 1. The number of hydrogen-bond donors (Lipinski definition) is 1. The second-order valence-corrected chi connectivity index (χ2v) is 9.10. The SMILES string of the molecule is O=C1CCC(N2Cc3cc(OC[C@H]4CCCCN4Cc4cccnc4F)ccc3C2=O)C(=O)N1. The summed E-state index contributed by atoms with van der Waals surface area (Å²) in [5.41, 5.74) is 1.95. The Morgan fingerprint density at radius 2 is 2.03 bits per heavy atom. The minimum absolute atomic E-state index is 0.156. The summed E-state index contributed by atoms with van der Waals surface area (Å²) >= 11 is 0. The maximum atomic E-state index is 14.0. The Labute approximate surface area is 197 Å². The van der Waals surface area contributed by atoms with E-state index in [1.165, 1.54) is 11.1 Å². The molecule has 178 valence electrons. The number of imide groups is 1. The van der Waals surface area contributed by atoms with Gasteiger partial charge in [-0.25, -0.2) is 4.98 Å². The highest BCUT2D eigenvalue weighted by Crippen LogP contribution is 2.30. The lowest BCUT2D eigenvalue weighted by Gasteiger charge is -2.35. The van der Waals surface area contributed by atoms with E-state index >= 15 is 0 Å². The van der Waals surface area contributed by atoms with Crippen molar-refractivity contribution < 1.29 is 23.5 Å². The van der Waals surface area contributed by atoms with Crippen molar-refractivity contribution in [3.63, 3.8) is 0 Å². The fourth-order valence-corrected chi connectivity index (χ4v) is 5.05. The highest BCUT2D eigenvalue weighted by Gasteiger charge is 2.39. The Morgan fingerprint density at radius 3 is 2.85 bits per heavy atom. The van der Waals surface area contributed by atoms with Crippen molar-refractivity contribution in [2.45, 2.75) is 57.3 Å². The molecule has 2 saturated heterocycles. The second kappa shape index (κ2) is 9.50. The number of halogens is 1. The average Bonchev–Trinajstić information content (AvgIpc) is 3.15. The smallest absolute Gasteiger partial charge is 0.255 e. The van der Waals surface area contributed by atoms with E-state index in [1.807, 2.05) is 6.07 Å². The zero-order chi connectivity index (χ0) is 23.7. The quantitative estimate of drug-likeness (QED) is 0.519. The number of benzene rings is 1. The van der Waals surface area contributed by atoms with Gasteiger partial charge in [-0.1, -0.05) is 12.5 Å². The molecule has 4 heterocycles.